The number of aromatic nitrogens is 2. The van der Waals surface area contributed by atoms with Crippen molar-refractivity contribution < 1.29 is 13.5 Å². The lowest BCUT2D eigenvalue weighted by Crippen LogP contribution is -2.33. The molecule has 0 saturated heterocycles. The van der Waals surface area contributed by atoms with Crippen LogP contribution in [0.25, 0.3) is 10.9 Å². The van der Waals surface area contributed by atoms with Gasteiger partial charge in [0.2, 0.25) is 0 Å². The molecule has 1 aliphatic carbocycles. The second-order valence-corrected chi connectivity index (χ2v) is 9.36. The largest absolute Gasteiger partial charge is 0.497 e. The van der Waals surface area contributed by atoms with E-state index in [4.69, 9.17) is 10.5 Å². The van der Waals surface area contributed by atoms with Crippen molar-refractivity contribution in [2.24, 2.45) is 10.7 Å². The number of alkyl halides is 2. The van der Waals surface area contributed by atoms with Crippen LogP contribution in [0.1, 0.15) is 52.3 Å². The van der Waals surface area contributed by atoms with E-state index >= 15 is 8.78 Å². The topological polar surface area (TPSA) is 89.2 Å². The second-order valence-electron chi connectivity index (χ2n) is 9.36. The number of aliphatic imine (C=N–C) groups is 1. The van der Waals surface area contributed by atoms with Crippen LogP contribution >= 0.6 is 0 Å². The van der Waals surface area contributed by atoms with Crippen molar-refractivity contribution in [1.29, 1.82) is 5.26 Å². The van der Waals surface area contributed by atoms with Crippen molar-refractivity contribution in [3.8, 4) is 11.8 Å². The smallest absolute Gasteiger partial charge is 0.329 e. The summed E-state index contributed by atoms with van der Waals surface area (Å²) in [7, 11) is 1.56. The summed E-state index contributed by atoms with van der Waals surface area (Å²) in [6, 6.07) is 19.5. The molecule has 1 heterocycles. The van der Waals surface area contributed by atoms with E-state index in [0.29, 0.717) is 29.3 Å². The van der Waals surface area contributed by atoms with Gasteiger partial charge in [-0.2, -0.15) is 19.1 Å². The summed E-state index contributed by atoms with van der Waals surface area (Å²) in [5.41, 5.74) is 10.2. The molecule has 0 radical (unpaired) electrons. The number of nitrogens with two attached hydrogens (primary N) is 1. The number of rotatable bonds is 8. The minimum Gasteiger partial charge on any atom is -0.497 e. The predicted octanol–water partition coefficient (Wildman–Crippen LogP) is 5.80. The average Bonchev–Trinajstić information content (AvgIpc) is 3.72. The molecule has 188 valence electrons. The molecular weight excluding hydrogens is 472 g/mol. The molecule has 1 aromatic heterocycles. The zero-order chi connectivity index (χ0) is 26.2. The Morgan fingerprint density at radius 3 is 2.62 bits per heavy atom. The monoisotopic (exact) mass is 499 g/mol. The molecule has 0 aliphatic heterocycles. The lowest BCUT2D eigenvalue weighted by Gasteiger charge is -2.17. The van der Waals surface area contributed by atoms with Gasteiger partial charge in [0.25, 0.3) is 0 Å². The molecule has 37 heavy (non-hydrogen) atoms. The highest BCUT2D eigenvalue weighted by molar-refractivity contribution is 5.90. The summed E-state index contributed by atoms with van der Waals surface area (Å²) in [5.74, 6) is -3.11. The van der Waals surface area contributed by atoms with Crippen LogP contribution in [0.15, 0.2) is 65.7 Å². The Labute approximate surface area is 214 Å². The number of ether oxygens (including phenoxy) is 1. The highest BCUT2D eigenvalue weighted by atomic mass is 19.3. The number of nitriles is 1. The van der Waals surface area contributed by atoms with E-state index in [2.05, 4.69) is 16.2 Å². The summed E-state index contributed by atoms with van der Waals surface area (Å²) in [5, 5.41) is 15.1. The molecule has 1 aliphatic rings. The summed E-state index contributed by atoms with van der Waals surface area (Å²) in [6.07, 6.45) is 2.18. The number of amidine groups is 1. The number of methoxy groups -OCH3 is 1. The Morgan fingerprint density at radius 1 is 1.19 bits per heavy atom. The Morgan fingerprint density at radius 2 is 1.95 bits per heavy atom. The molecule has 1 fully saturated rings. The first-order valence-electron chi connectivity index (χ1n) is 12.1. The second kappa shape index (κ2) is 9.66. The third-order valence-corrected chi connectivity index (χ3v) is 6.87. The number of hydrogen-bond acceptors (Lipinski definition) is 4. The van der Waals surface area contributed by atoms with Gasteiger partial charge < -0.3 is 10.5 Å². The van der Waals surface area contributed by atoms with Gasteiger partial charge in [0.05, 0.1) is 43.0 Å². The van der Waals surface area contributed by atoms with Gasteiger partial charge in [-0.05, 0) is 66.6 Å². The first kappa shape index (κ1) is 24.4. The number of halogens is 2. The first-order chi connectivity index (χ1) is 17.8. The van der Waals surface area contributed by atoms with Gasteiger partial charge in [-0.3, -0.25) is 9.67 Å². The summed E-state index contributed by atoms with van der Waals surface area (Å²) < 4.78 is 37.7. The molecule has 0 atom stereocenters. The maximum atomic E-state index is 15.4. The molecular formula is C29H27F2N5O. The van der Waals surface area contributed by atoms with E-state index < -0.39 is 11.8 Å². The SMILES string of the molecule is COc1ccc(CN=C(N)C(F)(F)c2ccc3c(C)nn(Cc4c(C#N)cccc4C4CC4)c3c2)cc1. The predicted molar refractivity (Wildman–Crippen MR) is 139 cm³/mol. The highest BCUT2D eigenvalue weighted by Crippen LogP contribution is 2.42. The van der Waals surface area contributed by atoms with Gasteiger partial charge in [0.15, 0.2) is 5.84 Å². The summed E-state index contributed by atoms with van der Waals surface area (Å²) >= 11 is 0. The Balaban J connectivity index is 1.47. The zero-order valence-electron chi connectivity index (χ0n) is 20.7. The van der Waals surface area contributed by atoms with E-state index in [0.717, 1.165) is 40.6 Å². The van der Waals surface area contributed by atoms with Crippen LogP contribution in [0, 0.1) is 18.3 Å². The summed E-state index contributed by atoms with van der Waals surface area (Å²) in [6.45, 7) is 2.20. The zero-order valence-corrected chi connectivity index (χ0v) is 20.7. The fourth-order valence-corrected chi connectivity index (χ4v) is 4.62. The molecule has 2 N–H and O–H groups in total. The van der Waals surface area contributed by atoms with Crippen molar-refractivity contribution >= 4 is 16.7 Å². The quantitative estimate of drug-likeness (QED) is 0.245. The van der Waals surface area contributed by atoms with Gasteiger partial charge in [-0.25, -0.2) is 0 Å². The fraction of sp³-hybridized carbons (Fsp3) is 0.276. The molecule has 4 aromatic rings. The van der Waals surface area contributed by atoms with Crippen molar-refractivity contribution in [2.45, 2.75) is 44.7 Å². The van der Waals surface area contributed by atoms with E-state index in [1.54, 1.807) is 48.2 Å². The standard InChI is InChI=1S/C29H27F2N5O/c1-18-24-13-10-22(29(30,31)28(33)34-16-19-6-11-23(37-2)12-7-19)14-27(24)36(35-18)17-26-21(15-32)4-3-5-25(26)20-8-9-20/h3-7,10-14,20H,8-9,16-17H2,1-2H3,(H2,33,34). The third kappa shape index (κ3) is 4.77. The highest BCUT2D eigenvalue weighted by Gasteiger charge is 2.37. The van der Waals surface area contributed by atoms with Crippen LogP contribution in [0.5, 0.6) is 5.75 Å². The van der Waals surface area contributed by atoms with Crippen LogP contribution in [-0.4, -0.2) is 22.7 Å². The fourth-order valence-electron chi connectivity index (χ4n) is 4.62. The number of aryl methyl sites for hydroxylation is 1. The Hall–Kier alpha value is -4.25. The van der Waals surface area contributed by atoms with Crippen LogP contribution in [0.3, 0.4) is 0 Å². The Bertz CT molecular complexity index is 1530. The van der Waals surface area contributed by atoms with Gasteiger partial charge in [0.1, 0.15) is 5.75 Å². The lowest BCUT2D eigenvalue weighted by atomic mass is 9.98. The van der Waals surface area contributed by atoms with Crippen molar-refractivity contribution in [3.05, 3.63) is 94.2 Å². The molecule has 6 nitrogen and oxygen atoms in total. The molecule has 0 amide bonds. The molecule has 8 heteroatoms. The minimum atomic E-state index is -3.46. The molecule has 0 spiro atoms. The number of hydrogen-bond donors (Lipinski definition) is 1. The molecule has 3 aromatic carbocycles. The molecule has 1 saturated carbocycles. The molecule has 0 unspecified atom stereocenters. The van der Waals surface area contributed by atoms with Crippen LogP contribution < -0.4 is 10.5 Å². The maximum Gasteiger partial charge on any atom is 0.329 e. The van der Waals surface area contributed by atoms with E-state index in [-0.39, 0.29) is 12.1 Å². The van der Waals surface area contributed by atoms with Gasteiger partial charge in [-0.15, -0.1) is 0 Å². The van der Waals surface area contributed by atoms with Crippen molar-refractivity contribution in [2.75, 3.05) is 7.11 Å². The average molecular weight is 500 g/mol. The van der Waals surface area contributed by atoms with Crippen LogP contribution in [-0.2, 0) is 19.0 Å². The Kier molecular flexibility index (Phi) is 6.38. The lowest BCUT2D eigenvalue weighted by molar-refractivity contribution is 0.0741. The number of benzene rings is 3. The van der Waals surface area contributed by atoms with E-state index in [9.17, 15) is 5.26 Å². The number of fused-ring (bicyclic) bond motifs is 1. The van der Waals surface area contributed by atoms with E-state index in [1.807, 2.05) is 19.1 Å². The molecule has 0 bridgehead atoms. The van der Waals surface area contributed by atoms with Crippen LogP contribution in [0.4, 0.5) is 8.78 Å². The van der Waals surface area contributed by atoms with Crippen molar-refractivity contribution in [1.82, 2.24) is 9.78 Å². The van der Waals surface area contributed by atoms with Gasteiger partial charge in [0, 0.05) is 10.9 Å². The van der Waals surface area contributed by atoms with Crippen LogP contribution in [0.2, 0.25) is 0 Å². The third-order valence-electron chi connectivity index (χ3n) is 6.87. The van der Waals surface area contributed by atoms with Gasteiger partial charge in [-0.1, -0.05) is 36.4 Å². The normalized spacial score (nSPS) is 14.1. The van der Waals surface area contributed by atoms with E-state index in [1.165, 1.54) is 12.1 Å². The molecule has 5 rings (SSSR count). The maximum absolute atomic E-state index is 15.4. The number of nitrogens with zero attached hydrogens (tertiary/aromatic N) is 4. The summed E-state index contributed by atoms with van der Waals surface area (Å²) in [4.78, 5) is 3.98. The van der Waals surface area contributed by atoms with Gasteiger partial charge >= 0.3 is 5.92 Å². The van der Waals surface area contributed by atoms with Crippen molar-refractivity contribution in [3.63, 3.8) is 0 Å². The minimum absolute atomic E-state index is 0.0274. The first-order valence-corrected chi connectivity index (χ1v) is 12.1.